The molecule has 0 amide bonds. The standard InChI is InChI=1S/C13H15NO3S/c1-8-12(7-15)18-13(14-8)10-6-9(16-2)4-5-11(10)17-3/h4-6,15H,7H2,1-3H3. The van der Waals surface area contributed by atoms with Gasteiger partial charge in [-0.15, -0.1) is 11.3 Å². The second-order valence-corrected chi connectivity index (χ2v) is 4.84. The molecule has 0 fully saturated rings. The van der Waals surface area contributed by atoms with Crippen LogP contribution in [0.3, 0.4) is 0 Å². The van der Waals surface area contributed by atoms with E-state index in [2.05, 4.69) is 4.98 Å². The van der Waals surface area contributed by atoms with E-state index in [4.69, 9.17) is 9.47 Å². The molecule has 0 aliphatic carbocycles. The molecular formula is C13H15NO3S. The summed E-state index contributed by atoms with van der Waals surface area (Å²) in [6.07, 6.45) is 0. The first-order valence-corrected chi connectivity index (χ1v) is 6.30. The summed E-state index contributed by atoms with van der Waals surface area (Å²) in [5, 5.41) is 10.0. The molecule has 5 heteroatoms. The van der Waals surface area contributed by atoms with E-state index in [9.17, 15) is 5.11 Å². The highest BCUT2D eigenvalue weighted by Crippen LogP contribution is 2.36. The molecule has 2 aromatic rings. The Hall–Kier alpha value is -1.59. The van der Waals surface area contributed by atoms with Crippen molar-refractivity contribution >= 4 is 11.3 Å². The van der Waals surface area contributed by atoms with Gasteiger partial charge in [0.1, 0.15) is 16.5 Å². The molecule has 1 aromatic carbocycles. The molecule has 96 valence electrons. The molecule has 0 saturated carbocycles. The molecule has 0 unspecified atom stereocenters. The fraction of sp³-hybridized carbons (Fsp3) is 0.308. The Bertz CT molecular complexity index is 551. The summed E-state index contributed by atoms with van der Waals surface area (Å²) in [5.74, 6) is 1.50. The van der Waals surface area contributed by atoms with Gasteiger partial charge in [-0.1, -0.05) is 0 Å². The molecule has 0 bridgehead atoms. The number of ether oxygens (including phenoxy) is 2. The van der Waals surface area contributed by atoms with Gasteiger partial charge in [-0.25, -0.2) is 4.98 Å². The molecule has 1 aromatic heterocycles. The smallest absolute Gasteiger partial charge is 0.129 e. The number of aromatic nitrogens is 1. The van der Waals surface area contributed by atoms with Crippen LogP contribution in [0.1, 0.15) is 10.6 Å². The lowest BCUT2D eigenvalue weighted by molar-refractivity contribution is 0.284. The molecule has 0 atom stereocenters. The summed E-state index contributed by atoms with van der Waals surface area (Å²) in [6, 6.07) is 5.58. The first-order chi connectivity index (χ1) is 8.69. The lowest BCUT2D eigenvalue weighted by atomic mass is 10.2. The van der Waals surface area contributed by atoms with Gasteiger partial charge < -0.3 is 14.6 Å². The maximum absolute atomic E-state index is 9.22. The molecule has 0 radical (unpaired) electrons. The summed E-state index contributed by atoms with van der Waals surface area (Å²) >= 11 is 1.46. The SMILES string of the molecule is COc1ccc(OC)c(-c2nc(C)c(CO)s2)c1. The molecule has 1 N–H and O–H groups in total. The second kappa shape index (κ2) is 5.37. The van der Waals surface area contributed by atoms with Crippen molar-refractivity contribution < 1.29 is 14.6 Å². The molecule has 0 aliphatic rings. The number of hydrogen-bond acceptors (Lipinski definition) is 5. The lowest BCUT2D eigenvalue weighted by Crippen LogP contribution is -1.90. The van der Waals surface area contributed by atoms with Crippen LogP contribution in [0, 0.1) is 6.92 Å². The van der Waals surface area contributed by atoms with E-state index in [1.807, 2.05) is 25.1 Å². The van der Waals surface area contributed by atoms with Gasteiger partial charge in [-0.05, 0) is 25.1 Å². The van der Waals surface area contributed by atoms with Crippen molar-refractivity contribution in [1.82, 2.24) is 4.98 Å². The van der Waals surface area contributed by atoms with Crippen molar-refractivity contribution in [3.05, 3.63) is 28.8 Å². The zero-order valence-electron chi connectivity index (χ0n) is 10.6. The Morgan fingerprint density at radius 1 is 1.28 bits per heavy atom. The summed E-state index contributed by atoms with van der Waals surface area (Å²) in [5.41, 5.74) is 1.73. The van der Waals surface area contributed by atoms with E-state index in [0.717, 1.165) is 32.6 Å². The first kappa shape index (κ1) is 12.9. The van der Waals surface area contributed by atoms with Crippen molar-refractivity contribution in [2.24, 2.45) is 0 Å². The van der Waals surface area contributed by atoms with E-state index in [-0.39, 0.29) is 6.61 Å². The minimum atomic E-state index is 0.00971. The van der Waals surface area contributed by atoms with Gasteiger partial charge in [0, 0.05) is 0 Å². The zero-order chi connectivity index (χ0) is 13.1. The van der Waals surface area contributed by atoms with E-state index < -0.39 is 0 Å². The molecule has 0 saturated heterocycles. The van der Waals surface area contributed by atoms with E-state index in [1.54, 1.807) is 14.2 Å². The average molecular weight is 265 g/mol. The maximum atomic E-state index is 9.22. The molecule has 0 spiro atoms. The minimum absolute atomic E-state index is 0.00971. The molecule has 0 aliphatic heterocycles. The quantitative estimate of drug-likeness (QED) is 0.923. The van der Waals surface area contributed by atoms with Crippen molar-refractivity contribution in [2.45, 2.75) is 13.5 Å². The topological polar surface area (TPSA) is 51.6 Å². The van der Waals surface area contributed by atoms with Crippen LogP contribution >= 0.6 is 11.3 Å². The van der Waals surface area contributed by atoms with Crippen molar-refractivity contribution in [2.75, 3.05) is 14.2 Å². The van der Waals surface area contributed by atoms with E-state index in [1.165, 1.54) is 11.3 Å². The Kier molecular flexibility index (Phi) is 3.84. The first-order valence-electron chi connectivity index (χ1n) is 5.49. The number of thiazole rings is 1. The van der Waals surface area contributed by atoms with Crippen LogP contribution < -0.4 is 9.47 Å². The monoisotopic (exact) mass is 265 g/mol. The largest absolute Gasteiger partial charge is 0.497 e. The lowest BCUT2D eigenvalue weighted by Gasteiger charge is -2.08. The number of aryl methyl sites for hydroxylation is 1. The predicted octanol–water partition coefficient (Wildman–Crippen LogP) is 2.63. The van der Waals surface area contributed by atoms with E-state index in [0.29, 0.717) is 0 Å². The minimum Gasteiger partial charge on any atom is -0.497 e. The molecule has 1 heterocycles. The van der Waals surface area contributed by atoms with Crippen LogP contribution in [0.25, 0.3) is 10.6 Å². The summed E-state index contributed by atoms with van der Waals surface area (Å²) in [6.45, 7) is 1.90. The van der Waals surface area contributed by atoms with Gasteiger partial charge in [0.25, 0.3) is 0 Å². The van der Waals surface area contributed by atoms with Crippen LogP contribution in [0.15, 0.2) is 18.2 Å². The molecule has 18 heavy (non-hydrogen) atoms. The highest BCUT2D eigenvalue weighted by Gasteiger charge is 2.13. The highest BCUT2D eigenvalue weighted by molar-refractivity contribution is 7.15. The molecule has 4 nitrogen and oxygen atoms in total. The van der Waals surface area contributed by atoms with Gasteiger partial charge >= 0.3 is 0 Å². The van der Waals surface area contributed by atoms with Crippen LogP contribution in [-0.4, -0.2) is 24.3 Å². The predicted molar refractivity (Wildman–Crippen MR) is 71.3 cm³/mol. The third-order valence-corrected chi connectivity index (χ3v) is 3.85. The Balaban J connectivity index is 2.53. The van der Waals surface area contributed by atoms with Crippen LogP contribution in [0.4, 0.5) is 0 Å². The average Bonchev–Trinajstić information content (AvgIpc) is 2.79. The van der Waals surface area contributed by atoms with Gasteiger partial charge in [0.2, 0.25) is 0 Å². The third-order valence-electron chi connectivity index (χ3n) is 2.67. The van der Waals surface area contributed by atoms with Crippen LogP contribution in [-0.2, 0) is 6.61 Å². The van der Waals surface area contributed by atoms with Crippen molar-refractivity contribution in [3.8, 4) is 22.1 Å². The van der Waals surface area contributed by atoms with Gasteiger partial charge in [-0.2, -0.15) is 0 Å². The summed E-state index contributed by atoms with van der Waals surface area (Å²) in [7, 11) is 3.25. The number of aliphatic hydroxyl groups is 1. The van der Waals surface area contributed by atoms with Crippen LogP contribution in [0.2, 0.25) is 0 Å². The number of benzene rings is 1. The van der Waals surface area contributed by atoms with Crippen molar-refractivity contribution in [3.63, 3.8) is 0 Å². The number of aliphatic hydroxyl groups excluding tert-OH is 1. The fourth-order valence-electron chi connectivity index (χ4n) is 1.67. The molecule has 2 rings (SSSR count). The highest BCUT2D eigenvalue weighted by atomic mass is 32.1. The van der Waals surface area contributed by atoms with Gasteiger partial charge in [-0.3, -0.25) is 0 Å². The second-order valence-electron chi connectivity index (χ2n) is 3.75. The number of methoxy groups -OCH3 is 2. The van der Waals surface area contributed by atoms with Crippen molar-refractivity contribution in [1.29, 1.82) is 0 Å². The van der Waals surface area contributed by atoms with Crippen LogP contribution in [0.5, 0.6) is 11.5 Å². The maximum Gasteiger partial charge on any atom is 0.129 e. The summed E-state index contributed by atoms with van der Waals surface area (Å²) in [4.78, 5) is 5.33. The molecular weight excluding hydrogens is 250 g/mol. The normalized spacial score (nSPS) is 10.4. The third kappa shape index (κ3) is 2.32. The Morgan fingerprint density at radius 3 is 2.61 bits per heavy atom. The van der Waals surface area contributed by atoms with Gasteiger partial charge in [0.05, 0.1) is 37.0 Å². The van der Waals surface area contributed by atoms with Gasteiger partial charge in [0.15, 0.2) is 0 Å². The number of rotatable bonds is 4. The van der Waals surface area contributed by atoms with E-state index >= 15 is 0 Å². The Morgan fingerprint density at radius 2 is 2.06 bits per heavy atom. The number of hydrogen-bond donors (Lipinski definition) is 1. The number of nitrogens with zero attached hydrogens (tertiary/aromatic N) is 1. The summed E-state index contributed by atoms with van der Waals surface area (Å²) < 4.78 is 10.5. The zero-order valence-corrected chi connectivity index (χ0v) is 11.4. The Labute approximate surface area is 110 Å². The fourth-order valence-corrected chi connectivity index (χ4v) is 2.61.